The van der Waals surface area contributed by atoms with Crippen LogP contribution in [0.1, 0.15) is 47.5 Å². The zero-order chi connectivity index (χ0) is 13.1. The first-order valence-electron chi connectivity index (χ1n) is 6.44. The third kappa shape index (κ3) is 3.01. The second-order valence-corrected chi connectivity index (χ2v) is 5.94. The number of hydrogen-bond donors (Lipinski definition) is 1. The molecule has 96 valence electrons. The molecule has 0 aliphatic rings. The molecule has 0 saturated carbocycles. The summed E-state index contributed by atoms with van der Waals surface area (Å²) in [4.78, 5) is 1.44. The van der Waals surface area contributed by atoms with Gasteiger partial charge in [-0.25, -0.2) is 0 Å². The van der Waals surface area contributed by atoms with Crippen molar-refractivity contribution in [3.8, 4) is 0 Å². The molecule has 0 saturated heterocycles. The van der Waals surface area contributed by atoms with E-state index in [-0.39, 0.29) is 0 Å². The van der Waals surface area contributed by atoms with Gasteiger partial charge in [0, 0.05) is 17.0 Å². The summed E-state index contributed by atoms with van der Waals surface area (Å²) in [5.74, 6) is 0. The number of benzene rings is 1. The first-order chi connectivity index (χ1) is 8.58. The molecule has 0 fully saturated rings. The van der Waals surface area contributed by atoms with Crippen molar-refractivity contribution >= 4 is 11.3 Å². The zero-order valence-electron chi connectivity index (χ0n) is 11.5. The fourth-order valence-electron chi connectivity index (χ4n) is 2.23. The Morgan fingerprint density at radius 2 is 1.61 bits per heavy atom. The van der Waals surface area contributed by atoms with E-state index in [1.165, 1.54) is 21.6 Å². The topological polar surface area (TPSA) is 12.0 Å². The molecule has 2 atom stereocenters. The minimum Gasteiger partial charge on any atom is -0.303 e. The second kappa shape index (κ2) is 5.68. The van der Waals surface area contributed by atoms with Crippen LogP contribution in [0, 0.1) is 13.8 Å². The van der Waals surface area contributed by atoms with Crippen molar-refractivity contribution in [2.45, 2.75) is 39.8 Å². The summed E-state index contributed by atoms with van der Waals surface area (Å²) in [7, 11) is 0. The molecule has 1 unspecified atom stereocenters. The first-order valence-corrected chi connectivity index (χ1v) is 7.32. The SMILES string of the molecule is Cc1ccc([C@H](C)NC(C)c2sccc2C)cc1. The van der Waals surface area contributed by atoms with E-state index in [9.17, 15) is 0 Å². The van der Waals surface area contributed by atoms with Gasteiger partial charge in [-0.1, -0.05) is 29.8 Å². The molecule has 1 heterocycles. The maximum atomic E-state index is 3.67. The molecule has 0 radical (unpaired) electrons. The molecule has 1 N–H and O–H groups in total. The van der Waals surface area contributed by atoms with E-state index < -0.39 is 0 Å². The molecule has 0 aliphatic heterocycles. The largest absolute Gasteiger partial charge is 0.303 e. The van der Waals surface area contributed by atoms with Gasteiger partial charge in [0.1, 0.15) is 0 Å². The molecule has 2 heteroatoms. The Balaban J connectivity index is 2.05. The summed E-state index contributed by atoms with van der Waals surface area (Å²) in [5.41, 5.74) is 4.05. The number of rotatable bonds is 4. The third-order valence-corrected chi connectivity index (χ3v) is 4.57. The van der Waals surface area contributed by atoms with Gasteiger partial charge in [-0.15, -0.1) is 11.3 Å². The van der Waals surface area contributed by atoms with Crippen LogP contribution in [-0.2, 0) is 0 Å². The Bertz CT molecular complexity index is 498. The minimum absolute atomic E-state index is 0.377. The van der Waals surface area contributed by atoms with E-state index in [4.69, 9.17) is 0 Å². The summed E-state index contributed by atoms with van der Waals surface area (Å²) in [6, 6.07) is 11.7. The number of hydrogen-bond acceptors (Lipinski definition) is 2. The Morgan fingerprint density at radius 1 is 0.944 bits per heavy atom. The van der Waals surface area contributed by atoms with Crippen LogP contribution >= 0.6 is 11.3 Å². The molecular formula is C16H21NS. The summed E-state index contributed by atoms with van der Waals surface area (Å²) >= 11 is 1.83. The molecular weight excluding hydrogens is 238 g/mol. The van der Waals surface area contributed by atoms with Crippen LogP contribution in [-0.4, -0.2) is 0 Å². The fraction of sp³-hybridized carbons (Fsp3) is 0.375. The van der Waals surface area contributed by atoms with Gasteiger partial charge in [0.05, 0.1) is 0 Å². The van der Waals surface area contributed by atoms with Gasteiger partial charge in [0.15, 0.2) is 0 Å². The maximum absolute atomic E-state index is 3.67. The highest BCUT2D eigenvalue weighted by Crippen LogP contribution is 2.26. The van der Waals surface area contributed by atoms with Crippen molar-refractivity contribution in [3.05, 3.63) is 57.3 Å². The van der Waals surface area contributed by atoms with E-state index in [0.29, 0.717) is 12.1 Å². The fourth-order valence-corrected chi connectivity index (χ4v) is 3.17. The molecule has 18 heavy (non-hydrogen) atoms. The number of aryl methyl sites for hydroxylation is 2. The molecule has 2 aromatic rings. The molecule has 2 rings (SSSR count). The summed E-state index contributed by atoms with van der Waals surface area (Å²) < 4.78 is 0. The van der Waals surface area contributed by atoms with Crippen molar-refractivity contribution in [3.63, 3.8) is 0 Å². The average molecular weight is 259 g/mol. The van der Waals surface area contributed by atoms with Crippen molar-refractivity contribution in [2.75, 3.05) is 0 Å². The van der Waals surface area contributed by atoms with Gasteiger partial charge in [0.25, 0.3) is 0 Å². The number of thiophene rings is 1. The van der Waals surface area contributed by atoms with Crippen LogP contribution in [0.4, 0.5) is 0 Å². The monoisotopic (exact) mass is 259 g/mol. The van der Waals surface area contributed by atoms with Crippen LogP contribution in [0.2, 0.25) is 0 Å². The van der Waals surface area contributed by atoms with Gasteiger partial charge in [-0.3, -0.25) is 0 Å². The molecule has 0 bridgehead atoms. The van der Waals surface area contributed by atoms with E-state index >= 15 is 0 Å². The molecule has 0 aliphatic carbocycles. The van der Waals surface area contributed by atoms with Crippen LogP contribution in [0.15, 0.2) is 35.7 Å². The molecule has 1 aromatic heterocycles. The van der Waals surface area contributed by atoms with Gasteiger partial charge < -0.3 is 5.32 Å². The molecule has 0 spiro atoms. The van der Waals surface area contributed by atoms with E-state index in [0.717, 1.165) is 0 Å². The Hall–Kier alpha value is -1.12. The molecule has 1 aromatic carbocycles. The lowest BCUT2D eigenvalue weighted by molar-refractivity contribution is 0.499. The Labute approximate surface area is 114 Å². The van der Waals surface area contributed by atoms with Crippen molar-refractivity contribution in [2.24, 2.45) is 0 Å². The highest BCUT2D eigenvalue weighted by molar-refractivity contribution is 7.10. The Kier molecular flexibility index (Phi) is 4.20. The smallest absolute Gasteiger partial charge is 0.0393 e. The van der Waals surface area contributed by atoms with E-state index in [1.807, 2.05) is 11.3 Å². The predicted octanol–water partition coefficient (Wildman–Crippen LogP) is 4.78. The number of nitrogens with one attached hydrogen (secondary N) is 1. The normalized spacial score (nSPS) is 14.4. The first kappa shape index (κ1) is 13.3. The van der Waals surface area contributed by atoms with Crippen LogP contribution in [0.5, 0.6) is 0 Å². The summed E-state index contributed by atoms with van der Waals surface area (Å²) in [6.45, 7) is 8.77. The standard InChI is InChI=1S/C16H21NS/c1-11-5-7-15(8-6-11)13(3)17-14(4)16-12(2)9-10-18-16/h5-10,13-14,17H,1-4H3/t13-,14?/m0/s1. The highest BCUT2D eigenvalue weighted by Gasteiger charge is 2.13. The average Bonchev–Trinajstić information content (AvgIpc) is 2.76. The zero-order valence-corrected chi connectivity index (χ0v) is 12.3. The lowest BCUT2D eigenvalue weighted by atomic mass is 10.1. The molecule has 0 amide bonds. The van der Waals surface area contributed by atoms with E-state index in [1.54, 1.807) is 0 Å². The lowest BCUT2D eigenvalue weighted by Gasteiger charge is -2.20. The lowest BCUT2D eigenvalue weighted by Crippen LogP contribution is -2.22. The minimum atomic E-state index is 0.377. The second-order valence-electron chi connectivity index (χ2n) is 4.99. The van der Waals surface area contributed by atoms with E-state index in [2.05, 4.69) is 68.7 Å². The van der Waals surface area contributed by atoms with Gasteiger partial charge in [0.2, 0.25) is 0 Å². The van der Waals surface area contributed by atoms with Crippen LogP contribution in [0.3, 0.4) is 0 Å². The quantitative estimate of drug-likeness (QED) is 0.833. The summed E-state index contributed by atoms with van der Waals surface area (Å²) in [6.07, 6.45) is 0. The van der Waals surface area contributed by atoms with Gasteiger partial charge in [-0.05, 0) is 50.3 Å². The van der Waals surface area contributed by atoms with Crippen molar-refractivity contribution < 1.29 is 0 Å². The molecule has 1 nitrogen and oxygen atoms in total. The van der Waals surface area contributed by atoms with Crippen molar-refractivity contribution in [1.29, 1.82) is 0 Å². The Morgan fingerprint density at radius 3 is 2.17 bits per heavy atom. The van der Waals surface area contributed by atoms with Crippen molar-refractivity contribution in [1.82, 2.24) is 5.32 Å². The third-order valence-electron chi connectivity index (χ3n) is 3.37. The van der Waals surface area contributed by atoms with Gasteiger partial charge in [-0.2, -0.15) is 0 Å². The highest BCUT2D eigenvalue weighted by atomic mass is 32.1. The summed E-state index contributed by atoms with van der Waals surface area (Å²) in [5, 5.41) is 5.84. The predicted molar refractivity (Wildman–Crippen MR) is 80.2 cm³/mol. The van der Waals surface area contributed by atoms with Gasteiger partial charge >= 0.3 is 0 Å². The maximum Gasteiger partial charge on any atom is 0.0393 e. The van der Waals surface area contributed by atoms with Crippen LogP contribution < -0.4 is 5.32 Å². The van der Waals surface area contributed by atoms with Crippen LogP contribution in [0.25, 0.3) is 0 Å².